The first-order valence-electron chi connectivity index (χ1n) is 29.6. The lowest BCUT2D eigenvalue weighted by molar-refractivity contribution is 1.19. The smallest absolute Gasteiger partial charge is 0.0640 e. The van der Waals surface area contributed by atoms with Gasteiger partial charge in [-0.1, -0.05) is 287 Å². The van der Waals surface area contributed by atoms with E-state index in [2.05, 4.69) is 191 Å². The fourth-order valence-electron chi connectivity index (χ4n) is 8.14. The van der Waals surface area contributed by atoms with Gasteiger partial charge in [0, 0.05) is 62.9 Å². The van der Waals surface area contributed by atoms with Crippen molar-refractivity contribution in [3.05, 3.63) is 182 Å². The van der Waals surface area contributed by atoms with E-state index in [1.165, 1.54) is 95.3 Å². The van der Waals surface area contributed by atoms with E-state index in [9.17, 15) is 0 Å². The molecular formula is C72H102N2S2. The molecule has 0 aliphatic rings. The minimum Gasteiger partial charge on any atom is -0.309 e. The van der Waals surface area contributed by atoms with Crippen LogP contribution in [0.25, 0.3) is 95.3 Å². The standard InChI is InChI=1S/2C24H15NS.12C2H6/c1-4-12-20-16(8-1)17-9-2-5-13-21(17)25(20)22-14-7-11-19-18-10-3-6-15-23(18)26-24(19)22;1-4-10-21-17(7-1)18-8-2-5-11-22(18)25(21)16-13-14-24-20(15-16)19-9-3-6-12-23(19)26-24;12*1-2/h2*1-15H;12*1-2H3. The maximum Gasteiger partial charge on any atom is 0.0640 e. The SMILES string of the molecule is CC.CC.CC.CC.CC.CC.CC.CC.CC.CC.CC.CC.c1ccc2c(c1)sc1c(-n3c4ccccc4c4ccccc43)cccc12.c1ccc2c(c1)sc1ccc(-n3c4ccccc4c4ccccc43)cc12. The number of hydrogen-bond donors (Lipinski definition) is 0. The normalized spacial score (nSPS) is 9.05. The van der Waals surface area contributed by atoms with Gasteiger partial charge in [-0.2, -0.15) is 0 Å². The van der Waals surface area contributed by atoms with E-state index in [4.69, 9.17) is 0 Å². The Morgan fingerprint density at radius 3 is 0.908 bits per heavy atom. The first-order chi connectivity index (χ1) is 37.8. The van der Waals surface area contributed by atoms with Gasteiger partial charge >= 0.3 is 0 Å². The first-order valence-corrected chi connectivity index (χ1v) is 31.2. The Balaban J connectivity index is 0. The minimum atomic E-state index is 1.22. The van der Waals surface area contributed by atoms with Gasteiger partial charge in [0.2, 0.25) is 0 Å². The predicted octanol–water partition coefficient (Wildman–Crippen LogP) is 26.6. The topological polar surface area (TPSA) is 9.86 Å². The fraction of sp³-hybridized carbons (Fsp3) is 0.333. The van der Waals surface area contributed by atoms with Gasteiger partial charge in [0.1, 0.15) is 0 Å². The number of benzene rings is 8. The van der Waals surface area contributed by atoms with Crippen LogP contribution in [0.5, 0.6) is 0 Å². The molecular weight excluding hydrogens is 957 g/mol. The minimum absolute atomic E-state index is 1.22. The maximum absolute atomic E-state index is 2.42. The first kappa shape index (κ1) is 71.9. The highest BCUT2D eigenvalue weighted by Crippen LogP contribution is 2.41. The molecule has 0 aliphatic carbocycles. The molecule has 0 atom stereocenters. The monoisotopic (exact) mass is 1060 g/mol. The van der Waals surface area contributed by atoms with Crippen LogP contribution < -0.4 is 0 Å². The van der Waals surface area contributed by atoms with Crippen LogP contribution in [0, 0.1) is 0 Å². The van der Waals surface area contributed by atoms with Gasteiger partial charge < -0.3 is 9.13 Å². The number of thiophene rings is 2. The number of rotatable bonds is 2. The predicted molar refractivity (Wildman–Crippen MR) is 364 cm³/mol. The summed E-state index contributed by atoms with van der Waals surface area (Å²) in [4.78, 5) is 0. The average Bonchev–Trinajstić information content (AvgIpc) is 4.31. The van der Waals surface area contributed by atoms with Crippen LogP contribution in [-0.2, 0) is 0 Å². The Hall–Kier alpha value is -6.20. The summed E-state index contributed by atoms with van der Waals surface area (Å²) in [7, 11) is 0. The van der Waals surface area contributed by atoms with Crippen molar-refractivity contribution < 1.29 is 0 Å². The van der Waals surface area contributed by atoms with Crippen molar-refractivity contribution in [1.82, 2.24) is 9.13 Å². The van der Waals surface area contributed by atoms with Gasteiger partial charge in [0.05, 0.1) is 32.5 Å². The molecule has 8 aromatic carbocycles. The average molecular weight is 1060 g/mol. The van der Waals surface area contributed by atoms with E-state index < -0.39 is 0 Å². The van der Waals surface area contributed by atoms with Gasteiger partial charge in [-0.25, -0.2) is 0 Å². The molecule has 0 amide bonds. The van der Waals surface area contributed by atoms with Crippen molar-refractivity contribution in [2.45, 2.75) is 166 Å². The van der Waals surface area contributed by atoms with E-state index in [1.807, 2.05) is 189 Å². The van der Waals surface area contributed by atoms with Crippen LogP contribution in [-0.4, -0.2) is 9.13 Å². The zero-order valence-electron chi connectivity index (χ0n) is 52.0. The molecule has 0 saturated carbocycles. The number of aromatic nitrogens is 2. The zero-order valence-corrected chi connectivity index (χ0v) is 53.7. The lowest BCUT2D eigenvalue weighted by atomic mass is 10.1. The van der Waals surface area contributed by atoms with Gasteiger partial charge in [0.15, 0.2) is 0 Å². The van der Waals surface area contributed by atoms with E-state index in [-0.39, 0.29) is 0 Å². The van der Waals surface area contributed by atoms with Crippen LogP contribution in [0.15, 0.2) is 182 Å². The molecule has 4 heterocycles. The third-order valence-electron chi connectivity index (χ3n) is 10.4. The Bertz CT molecular complexity index is 3200. The van der Waals surface area contributed by atoms with E-state index in [1.54, 1.807) is 0 Å². The van der Waals surface area contributed by atoms with Crippen molar-refractivity contribution >= 4 is 107 Å². The van der Waals surface area contributed by atoms with E-state index >= 15 is 0 Å². The number of nitrogens with zero attached hydrogens (tertiary/aromatic N) is 2. The molecule has 0 aliphatic heterocycles. The summed E-state index contributed by atoms with van der Waals surface area (Å²) in [5.41, 5.74) is 7.53. The number of para-hydroxylation sites is 4. The summed E-state index contributed by atoms with van der Waals surface area (Å²) in [5.74, 6) is 0. The van der Waals surface area contributed by atoms with Crippen molar-refractivity contribution in [2.75, 3.05) is 0 Å². The number of hydrogen-bond acceptors (Lipinski definition) is 2. The second-order valence-corrected chi connectivity index (χ2v) is 15.4. The van der Waals surface area contributed by atoms with Crippen LogP contribution in [0.3, 0.4) is 0 Å². The molecule has 12 rings (SSSR count). The molecule has 0 bridgehead atoms. The van der Waals surface area contributed by atoms with Crippen LogP contribution in [0.2, 0.25) is 0 Å². The molecule has 0 N–H and O–H groups in total. The highest BCUT2D eigenvalue weighted by Gasteiger charge is 2.16. The second-order valence-electron chi connectivity index (χ2n) is 13.3. The fourth-order valence-corrected chi connectivity index (χ4v) is 10.4. The Morgan fingerprint density at radius 1 is 0.224 bits per heavy atom. The molecule has 0 unspecified atom stereocenters. The summed E-state index contributed by atoms with van der Waals surface area (Å²) >= 11 is 3.75. The number of fused-ring (bicyclic) bond motifs is 12. The van der Waals surface area contributed by atoms with Gasteiger partial charge in [-0.05, 0) is 60.7 Å². The molecule has 4 aromatic heterocycles. The summed E-state index contributed by atoms with van der Waals surface area (Å²) in [6, 6.07) is 65.6. The summed E-state index contributed by atoms with van der Waals surface area (Å²) in [5, 5.41) is 10.6. The molecule has 2 nitrogen and oxygen atoms in total. The highest BCUT2D eigenvalue weighted by atomic mass is 32.1. The van der Waals surface area contributed by atoms with Crippen molar-refractivity contribution in [1.29, 1.82) is 0 Å². The lowest BCUT2D eigenvalue weighted by Gasteiger charge is -2.09. The van der Waals surface area contributed by atoms with Crippen molar-refractivity contribution in [3.63, 3.8) is 0 Å². The quantitative estimate of drug-likeness (QED) is 0.163. The largest absolute Gasteiger partial charge is 0.309 e. The summed E-state index contributed by atoms with van der Waals surface area (Å²) < 4.78 is 10.2. The van der Waals surface area contributed by atoms with Crippen molar-refractivity contribution in [2.24, 2.45) is 0 Å². The Morgan fingerprint density at radius 2 is 0.513 bits per heavy atom. The molecule has 0 fully saturated rings. The lowest BCUT2D eigenvalue weighted by Crippen LogP contribution is -1.93. The third kappa shape index (κ3) is 16.6. The molecule has 412 valence electrons. The third-order valence-corrected chi connectivity index (χ3v) is 12.8. The van der Waals surface area contributed by atoms with Crippen LogP contribution >= 0.6 is 22.7 Å². The Kier molecular flexibility index (Phi) is 40.6. The molecule has 0 saturated heterocycles. The molecule has 76 heavy (non-hydrogen) atoms. The van der Waals surface area contributed by atoms with E-state index in [0.717, 1.165) is 0 Å². The van der Waals surface area contributed by atoms with Gasteiger partial charge in [-0.3, -0.25) is 0 Å². The van der Waals surface area contributed by atoms with Crippen LogP contribution in [0.1, 0.15) is 166 Å². The van der Waals surface area contributed by atoms with Gasteiger partial charge in [0.25, 0.3) is 0 Å². The summed E-state index contributed by atoms with van der Waals surface area (Å²) in [6.07, 6.45) is 0. The van der Waals surface area contributed by atoms with E-state index in [0.29, 0.717) is 0 Å². The maximum atomic E-state index is 2.42. The molecule has 0 spiro atoms. The molecule has 4 heteroatoms. The van der Waals surface area contributed by atoms with Gasteiger partial charge in [-0.15, -0.1) is 22.7 Å². The summed E-state index contributed by atoms with van der Waals surface area (Å²) in [6.45, 7) is 48.0. The van der Waals surface area contributed by atoms with Crippen molar-refractivity contribution in [3.8, 4) is 11.4 Å². The van der Waals surface area contributed by atoms with Crippen LogP contribution in [0.4, 0.5) is 0 Å². The zero-order chi connectivity index (χ0) is 58.2. The Labute approximate surface area is 472 Å². The highest BCUT2D eigenvalue weighted by molar-refractivity contribution is 7.26. The molecule has 12 aromatic rings. The second kappa shape index (κ2) is 43.0. The molecule has 0 radical (unpaired) electrons.